The maximum absolute atomic E-state index is 12.4. The summed E-state index contributed by atoms with van der Waals surface area (Å²) >= 11 is 0.568. The Morgan fingerprint density at radius 3 is 2.74 bits per heavy atom. The average Bonchev–Trinajstić information content (AvgIpc) is 3.27. The smallest absolute Gasteiger partial charge is 0.366 e. The normalized spacial score (nSPS) is 17.9. The Kier molecular flexibility index (Phi) is 7.01. The van der Waals surface area contributed by atoms with Crippen LogP contribution in [0.2, 0.25) is 0 Å². The minimum absolute atomic E-state index is 0.0540. The molecule has 8 heteroatoms. The highest BCUT2D eigenvalue weighted by Gasteiger charge is 2.50. The summed E-state index contributed by atoms with van der Waals surface area (Å²) in [7, 11) is 0. The van der Waals surface area contributed by atoms with E-state index in [2.05, 4.69) is 10.3 Å². The molecule has 1 unspecified atom stereocenters. The molecular formula is C19H24N2O5S. The SMILES string of the molecule is CCCCC=C(NC(=O)C1CC1(C)C)C(=O)OSc1ncccc1C(=O)O. The quantitative estimate of drug-likeness (QED) is 0.376. The predicted octanol–water partition coefficient (Wildman–Crippen LogP) is 3.57. The summed E-state index contributed by atoms with van der Waals surface area (Å²) in [5.74, 6) is -2.22. The lowest BCUT2D eigenvalue weighted by Gasteiger charge is -2.10. The molecule has 0 bridgehead atoms. The van der Waals surface area contributed by atoms with Crippen LogP contribution in [-0.2, 0) is 13.8 Å². The molecule has 1 saturated carbocycles. The second-order valence-electron chi connectivity index (χ2n) is 7.11. The Bertz CT molecular complexity index is 760. The molecule has 1 fully saturated rings. The van der Waals surface area contributed by atoms with E-state index >= 15 is 0 Å². The molecule has 0 saturated heterocycles. The van der Waals surface area contributed by atoms with Crippen LogP contribution in [0.5, 0.6) is 0 Å². The van der Waals surface area contributed by atoms with Crippen molar-refractivity contribution in [2.75, 3.05) is 0 Å². The number of nitrogens with zero attached hydrogens (tertiary/aromatic N) is 1. The highest BCUT2D eigenvalue weighted by molar-refractivity contribution is 7.95. The lowest BCUT2D eigenvalue weighted by atomic mass is 10.1. The van der Waals surface area contributed by atoms with E-state index in [1.54, 1.807) is 6.08 Å². The molecular weight excluding hydrogens is 368 g/mol. The van der Waals surface area contributed by atoms with Crippen molar-refractivity contribution < 1.29 is 23.7 Å². The first-order chi connectivity index (χ1) is 12.8. The van der Waals surface area contributed by atoms with Gasteiger partial charge in [0.05, 0.1) is 5.56 Å². The van der Waals surface area contributed by atoms with Crippen molar-refractivity contribution in [1.82, 2.24) is 10.3 Å². The van der Waals surface area contributed by atoms with Crippen molar-refractivity contribution in [3.63, 3.8) is 0 Å². The topological polar surface area (TPSA) is 106 Å². The number of carbonyl (C=O) groups is 3. The molecule has 2 rings (SSSR count). The summed E-state index contributed by atoms with van der Waals surface area (Å²) in [6.07, 6.45) is 6.30. The van der Waals surface area contributed by atoms with Gasteiger partial charge in [0, 0.05) is 12.1 Å². The first kappa shape index (κ1) is 21.0. The summed E-state index contributed by atoms with van der Waals surface area (Å²) in [4.78, 5) is 39.9. The van der Waals surface area contributed by atoms with Gasteiger partial charge in [-0.1, -0.05) is 33.3 Å². The Morgan fingerprint density at radius 2 is 2.15 bits per heavy atom. The zero-order valence-electron chi connectivity index (χ0n) is 15.7. The molecule has 7 nitrogen and oxygen atoms in total. The van der Waals surface area contributed by atoms with Crippen LogP contribution in [0, 0.1) is 11.3 Å². The molecule has 146 valence electrons. The van der Waals surface area contributed by atoms with E-state index in [1.165, 1.54) is 18.3 Å². The van der Waals surface area contributed by atoms with Gasteiger partial charge in [-0.3, -0.25) is 4.79 Å². The first-order valence-electron chi connectivity index (χ1n) is 8.84. The number of allylic oxidation sites excluding steroid dienone is 1. The third-order valence-corrected chi connectivity index (χ3v) is 5.13. The fraction of sp³-hybridized carbons (Fsp3) is 0.474. The Labute approximate surface area is 162 Å². The van der Waals surface area contributed by atoms with E-state index in [0.717, 1.165) is 19.3 Å². The van der Waals surface area contributed by atoms with Crippen LogP contribution in [0.25, 0.3) is 0 Å². The van der Waals surface area contributed by atoms with Gasteiger partial charge in [-0.2, -0.15) is 0 Å². The van der Waals surface area contributed by atoms with Gasteiger partial charge in [0.15, 0.2) is 5.03 Å². The lowest BCUT2D eigenvalue weighted by Crippen LogP contribution is -2.30. The van der Waals surface area contributed by atoms with Gasteiger partial charge >= 0.3 is 11.9 Å². The van der Waals surface area contributed by atoms with Crippen molar-refractivity contribution in [3.8, 4) is 0 Å². The number of rotatable bonds is 9. The zero-order chi connectivity index (χ0) is 20.0. The highest BCUT2D eigenvalue weighted by atomic mass is 32.2. The van der Waals surface area contributed by atoms with Gasteiger partial charge in [-0.05, 0) is 36.8 Å². The largest absolute Gasteiger partial charge is 0.478 e. The van der Waals surface area contributed by atoms with E-state index in [4.69, 9.17) is 9.29 Å². The number of pyridine rings is 1. The number of aromatic nitrogens is 1. The monoisotopic (exact) mass is 392 g/mol. The second-order valence-corrected chi connectivity index (χ2v) is 7.83. The van der Waals surface area contributed by atoms with Gasteiger partial charge in [-0.15, -0.1) is 0 Å². The van der Waals surface area contributed by atoms with E-state index in [1.807, 2.05) is 20.8 Å². The van der Waals surface area contributed by atoms with E-state index in [9.17, 15) is 14.4 Å². The molecule has 1 aromatic heterocycles. The fourth-order valence-electron chi connectivity index (χ4n) is 2.51. The molecule has 1 aliphatic carbocycles. The first-order valence-corrected chi connectivity index (χ1v) is 9.58. The van der Waals surface area contributed by atoms with Crippen LogP contribution in [0.15, 0.2) is 35.1 Å². The average molecular weight is 392 g/mol. The van der Waals surface area contributed by atoms with Crippen LogP contribution in [-0.4, -0.2) is 27.9 Å². The second kappa shape index (κ2) is 9.03. The molecule has 0 aromatic carbocycles. The van der Waals surface area contributed by atoms with Crippen molar-refractivity contribution in [3.05, 3.63) is 35.7 Å². The van der Waals surface area contributed by atoms with Gasteiger partial charge < -0.3 is 14.6 Å². The number of unbranched alkanes of at least 4 members (excludes halogenated alkanes) is 2. The van der Waals surface area contributed by atoms with E-state index < -0.39 is 11.9 Å². The van der Waals surface area contributed by atoms with Crippen molar-refractivity contribution >= 4 is 29.9 Å². The Hall–Kier alpha value is -2.35. The summed E-state index contributed by atoms with van der Waals surface area (Å²) in [5.41, 5.74) is -0.0336. The van der Waals surface area contributed by atoms with Crippen LogP contribution >= 0.6 is 12.0 Å². The maximum atomic E-state index is 12.4. The Balaban J connectivity index is 2.04. The summed E-state index contributed by atoms with van der Waals surface area (Å²) in [6, 6.07) is 2.86. The summed E-state index contributed by atoms with van der Waals surface area (Å²) < 4.78 is 5.13. The number of carbonyl (C=O) groups excluding carboxylic acids is 2. The van der Waals surface area contributed by atoms with Crippen LogP contribution in [0.4, 0.5) is 0 Å². The van der Waals surface area contributed by atoms with Crippen molar-refractivity contribution in [2.24, 2.45) is 11.3 Å². The molecule has 0 aliphatic heterocycles. The molecule has 2 N–H and O–H groups in total. The number of aromatic carboxylic acids is 1. The Morgan fingerprint density at radius 1 is 1.44 bits per heavy atom. The molecule has 1 atom stereocenters. The summed E-state index contributed by atoms with van der Waals surface area (Å²) in [6.45, 7) is 6.03. The number of carboxylic acids is 1. The standard InChI is InChI=1S/C19H24N2O5S/c1-4-5-6-9-14(21-15(22)13-11-19(13,2)3)18(25)26-27-16-12(17(23)24)8-7-10-20-16/h7-10,13H,4-6,11H2,1-3H3,(H,21,22)(H,23,24). The highest BCUT2D eigenvalue weighted by Crippen LogP contribution is 2.51. The van der Waals surface area contributed by atoms with Crippen molar-refractivity contribution in [2.45, 2.75) is 51.5 Å². The third-order valence-electron chi connectivity index (χ3n) is 4.41. The molecule has 1 aliphatic rings. The number of carboxylic acid groups (broad SMARTS) is 1. The molecule has 1 heterocycles. The molecule has 0 spiro atoms. The van der Waals surface area contributed by atoms with Gasteiger partial charge in [0.1, 0.15) is 17.7 Å². The maximum Gasteiger partial charge on any atom is 0.366 e. The fourth-order valence-corrected chi connectivity index (χ4v) is 3.11. The number of hydrogen-bond donors (Lipinski definition) is 2. The van der Waals surface area contributed by atoms with Crippen LogP contribution < -0.4 is 5.32 Å². The van der Waals surface area contributed by atoms with Crippen molar-refractivity contribution in [1.29, 1.82) is 0 Å². The zero-order valence-corrected chi connectivity index (χ0v) is 16.5. The van der Waals surface area contributed by atoms with E-state index in [0.29, 0.717) is 18.5 Å². The van der Waals surface area contributed by atoms with Gasteiger partial charge in [-0.25, -0.2) is 14.6 Å². The lowest BCUT2D eigenvalue weighted by molar-refractivity contribution is -0.131. The number of amides is 1. The van der Waals surface area contributed by atoms with Crippen LogP contribution in [0.3, 0.4) is 0 Å². The van der Waals surface area contributed by atoms with E-state index in [-0.39, 0.29) is 33.5 Å². The molecule has 0 radical (unpaired) electrons. The number of hydrogen-bond acceptors (Lipinski definition) is 6. The number of nitrogens with one attached hydrogen (secondary N) is 1. The molecule has 27 heavy (non-hydrogen) atoms. The molecule has 1 amide bonds. The molecule has 1 aromatic rings. The van der Waals surface area contributed by atoms with Crippen LogP contribution in [0.1, 0.15) is 56.8 Å². The third kappa shape index (κ3) is 5.82. The minimum Gasteiger partial charge on any atom is -0.478 e. The summed E-state index contributed by atoms with van der Waals surface area (Å²) in [5, 5.41) is 11.9. The minimum atomic E-state index is -1.16. The predicted molar refractivity (Wildman–Crippen MR) is 101 cm³/mol. The van der Waals surface area contributed by atoms with Gasteiger partial charge in [0.2, 0.25) is 5.91 Å². The van der Waals surface area contributed by atoms with Gasteiger partial charge in [0.25, 0.3) is 0 Å².